The van der Waals surface area contributed by atoms with E-state index in [0.717, 1.165) is 22.2 Å². The van der Waals surface area contributed by atoms with E-state index in [1.54, 1.807) is 18.2 Å². The molecule has 2 saturated heterocycles. The average Bonchev–Trinajstić information content (AvgIpc) is 3.52. The number of rotatable bonds is 13. The smallest absolute Gasteiger partial charge is 0.351 e. The van der Waals surface area contributed by atoms with E-state index in [1.165, 1.54) is 19.2 Å². The Labute approximate surface area is 265 Å². The SMILES string of the molecule is C[n+]1c2ccc(OCC(O/N=C(\C(=O)N[C@@H]3C(=O)N(OS(=O)(=O)[O-])C3(C)C)c3csc(N)n3)C(=O)O)cc2cn1CC1(O)CNC1. The van der Waals surface area contributed by atoms with Crippen LogP contribution in [0.3, 0.4) is 0 Å². The Morgan fingerprint density at radius 3 is 2.65 bits per heavy atom. The largest absolute Gasteiger partial charge is 0.724 e. The molecule has 2 amide bonds. The predicted octanol–water partition coefficient (Wildman–Crippen LogP) is -2.41. The molecule has 2 aliphatic heterocycles. The highest BCUT2D eigenvalue weighted by Gasteiger charge is 2.57. The molecule has 0 aliphatic carbocycles. The number of nitrogens with two attached hydrogens (primary N) is 1. The molecule has 2 aliphatic rings. The molecule has 2 aromatic heterocycles. The van der Waals surface area contributed by atoms with Gasteiger partial charge in [0.2, 0.25) is 15.9 Å². The maximum Gasteiger partial charge on any atom is 0.351 e. The van der Waals surface area contributed by atoms with Crippen molar-refractivity contribution in [3.8, 4) is 5.75 Å². The normalized spacial score (nSPS) is 19.7. The molecule has 0 saturated carbocycles. The number of amides is 2. The van der Waals surface area contributed by atoms with Crippen molar-refractivity contribution in [3.05, 3.63) is 35.5 Å². The Bertz CT molecular complexity index is 1830. The zero-order valence-corrected chi connectivity index (χ0v) is 26.2. The summed E-state index contributed by atoms with van der Waals surface area (Å²) in [5.41, 5.74) is 3.56. The first-order valence-corrected chi connectivity index (χ1v) is 15.7. The summed E-state index contributed by atoms with van der Waals surface area (Å²) >= 11 is 0.947. The average molecular weight is 683 g/mol. The number of β-amino-alcohol motifs (C(OH)–C–C–N with tert-alkyl or cyclic N) is 1. The number of nitrogens with zero attached hydrogens (tertiary/aromatic N) is 5. The molecular weight excluding hydrogens is 652 g/mol. The maximum absolute atomic E-state index is 13.2. The Kier molecular flexibility index (Phi) is 8.65. The Balaban J connectivity index is 1.29. The van der Waals surface area contributed by atoms with Crippen molar-refractivity contribution >= 4 is 61.3 Å². The van der Waals surface area contributed by atoms with Gasteiger partial charge in [0.15, 0.2) is 17.9 Å². The van der Waals surface area contributed by atoms with Gasteiger partial charge >= 0.3 is 5.97 Å². The van der Waals surface area contributed by atoms with Gasteiger partial charge in [0, 0.05) is 24.5 Å². The van der Waals surface area contributed by atoms with Gasteiger partial charge < -0.3 is 40.7 Å². The summed E-state index contributed by atoms with van der Waals surface area (Å²) in [5.74, 6) is -3.24. The summed E-state index contributed by atoms with van der Waals surface area (Å²) in [7, 11) is -3.43. The van der Waals surface area contributed by atoms with Crippen LogP contribution in [-0.2, 0) is 47.5 Å². The summed E-state index contributed by atoms with van der Waals surface area (Å²) in [5, 5.41) is 31.8. The number of ether oxygens (including phenoxy) is 1. The number of carbonyl (C=O) groups is 3. The van der Waals surface area contributed by atoms with E-state index in [0.29, 0.717) is 30.4 Å². The Morgan fingerprint density at radius 1 is 1.37 bits per heavy atom. The first-order chi connectivity index (χ1) is 21.5. The van der Waals surface area contributed by atoms with E-state index in [9.17, 15) is 37.6 Å². The van der Waals surface area contributed by atoms with Crippen molar-refractivity contribution in [3.63, 3.8) is 0 Å². The van der Waals surface area contributed by atoms with E-state index >= 15 is 0 Å². The number of nitrogen functional groups attached to an aromatic ring is 1. The number of thiazole rings is 1. The van der Waals surface area contributed by atoms with E-state index in [-0.39, 0.29) is 10.8 Å². The van der Waals surface area contributed by atoms with Gasteiger partial charge in [-0.05, 0) is 26.0 Å². The summed E-state index contributed by atoms with van der Waals surface area (Å²) in [6.07, 6.45) is 0.126. The van der Waals surface area contributed by atoms with Crippen LogP contribution in [0.1, 0.15) is 19.5 Å². The number of nitrogens with one attached hydrogen (secondary N) is 2. The highest BCUT2D eigenvalue weighted by molar-refractivity contribution is 7.80. The monoisotopic (exact) mass is 682 g/mol. The molecule has 1 aromatic carbocycles. The van der Waals surface area contributed by atoms with Crippen molar-refractivity contribution in [2.24, 2.45) is 12.2 Å². The van der Waals surface area contributed by atoms with Crippen LogP contribution in [0.15, 0.2) is 34.9 Å². The number of aromatic nitrogens is 3. The second kappa shape index (κ2) is 12.1. The first-order valence-electron chi connectivity index (χ1n) is 13.5. The Hall–Kier alpha value is -4.41. The molecule has 0 spiro atoms. The van der Waals surface area contributed by atoms with E-state index in [1.807, 2.05) is 22.6 Å². The molecule has 21 heteroatoms. The highest BCUT2D eigenvalue weighted by atomic mass is 32.3. The highest BCUT2D eigenvalue weighted by Crippen LogP contribution is 2.33. The number of carbonyl (C=O) groups excluding carboxylic acids is 2. The number of oxime groups is 1. The van der Waals surface area contributed by atoms with Crippen LogP contribution in [0.2, 0.25) is 0 Å². The van der Waals surface area contributed by atoms with E-state index in [2.05, 4.69) is 25.1 Å². The topological polar surface area (TPSA) is 264 Å². The van der Waals surface area contributed by atoms with Crippen molar-refractivity contribution in [1.82, 2.24) is 25.4 Å². The standard InChI is InChI=1S/C25H30N8O11S2/c1-24(2)19(21(35)33(24)44-46(39,40)41)29-20(34)18(15-9-45-23(26)28-15)30-43-17(22(36)37)8-42-14-4-5-16-13(6-14)7-32(31(16)3)12-25(38)10-27-11-25/h4-7,9,17,19,27,38H,8,10-12H2,1-3H3,(H4-,26,28,29,34,36,37,39,40,41)/b30-18-/t17?,19-/m1/s1. The number of hydrogen-bond donors (Lipinski definition) is 5. The van der Waals surface area contributed by atoms with E-state index < -0.39 is 63.8 Å². The molecule has 1 unspecified atom stereocenters. The fourth-order valence-corrected chi connectivity index (χ4v) is 5.83. The van der Waals surface area contributed by atoms with Gasteiger partial charge in [0.05, 0.1) is 17.1 Å². The van der Waals surface area contributed by atoms with Crippen LogP contribution in [0.5, 0.6) is 5.75 Å². The summed E-state index contributed by atoms with van der Waals surface area (Å²) < 4.78 is 46.5. The minimum absolute atomic E-state index is 0.0463. The summed E-state index contributed by atoms with van der Waals surface area (Å²) in [4.78, 5) is 46.9. The predicted molar refractivity (Wildman–Crippen MR) is 156 cm³/mol. The number of hydrogen-bond acceptors (Lipinski definition) is 15. The number of aliphatic carboxylic acids is 1. The second-order valence-electron chi connectivity index (χ2n) is 11.2. The number of benzene rings is 1. The van der Waals surface area contributed by atoms with Crippen LogP contribution in [0.25, 0.3) is 10.9 Å². The molecule has 6 N–H and O–H groups in total. The number of aryl methyl sites for hydroxylation is 1. The van der Waals surface area contributed by atoms with Crippen LogP contribution < -0.4 is 25.8 Å². The first kappa shape index (κ1) is 33.0. The maximum atomic E-state index is 13.2. The third-order valence-electron chi connectivity index (χ3n) is 7.43. The van der Waals surface area contributed by atoms with Gasteiger partial charge in [-0.2, -0.15) is 14.0 Å². The molecular formula is C25H30N8O11S2. The minimum Gasteiger partial charge on any atom is -0.724 e. The fourth-order valence-electron chi connectivity index (χ4n) is 4.84. The lowest BCUT2D eigenvalue weighted by Gasteiger charge is -2.51. The number of carboxylic acid groups (broad SMARTS) is 1. The van der Waals surface area contributed by atoms with E-state index in [4.69, 9.17) is 15.3 Å². The second-order valence-corrected chi connectivity index (χ2v) is 13.1. The van der Waals surface area contributed by atoms with Crippen LogP contribution in [0.4, 0.5) is 5.13 Å². The van der Waals surface area contributed by atoms with Gasteiger partial charge in [-0.3, -0.25) is 9.59 Å². The lowest BCUT2D eigenvalue weighted by Crippen LogP contribution is -2.76. The van der Waals surface area contributed by atoms with Crippen molar-refractivity contribution < 1.29 is 56.1 Å². The molecule has 2 atom stereocenters. The molecule has 2 fully saturated rings. The van der Waals surface area contributed by atoms with Gasteiger partial charge in [-0.1, -0.05) is 5.16 Å². The molecule has 3 aromatic rings. The minimum atomic E-state index is -5.27. The van der Waals surface area contributed by atoms with Crippen LogP contribution >= 0.6 is 11.3 Å². The molecule has 19 nitrogen and oxygen atoms in total. The molecule has 4 heterocycles. The van der Waals surface area contributed by atoms with Gasteiger partial charge in [-0.25, -0.2) is 18.2 Å². The molecule has 248 valence electrons. The van der Waals surface area contributed by atoms with Crippen LogP contribution in [-0.4, -0.2) is 104 Å². The molecule has 5 rings (SSSR count). The fraction of sp³-hybridized carbons (Fsp3) is 0.440. The quantitative estimate of drug-likeness (QED) is 0.0314. The van der Waals surface area contributed by atoms with Gasteiger partial charge in [0.25, 0.3) is 17.9 Å². The molecule has 0 bridgehead atoms. The Morgan fingerprint density at radius 2 is 2.09 bits per heavy atom. The zero-order chi connectivity index (χ0) is 33.6. The number of aliphatic hydroxyl groups is 1. The zero-order valence-electron chi connectivity index (χ0n) is 24.6. The number of fused-ring (bicyclic) bond motifs is 1. The molecule has 46 heavy (non-hydrogen) atoms. The van der Waals surface area contributed by atoms with Crippen molar-refractivity contribution in [1.29, 1.82) is 0 Å². The van der Waals surface area contributed by atoms with Crippen molar-refractivity contribution in [2.45, 2.75) is 43.7 Å². The third-order valence-corrected chi connectivity index (χ3v) is 8.44. The van der Waals surface area contributed by atoms with Gasteiger partial charge in [-0.15, -0.1) is 16.0 Å². The third kappa shape index (κ3) is 6.73. The van der Waals surface area contributed by atoms with Crippen LogP contribution in [0, 0.1) is 0 Å². The number of hydroxylamine groups is 2. The number of β-lactam (4-membered cyclic amide) rings is 1. The van der Waals surface area contributed by atoms with Gasteiger partial charge in [0.1, 0.15) is 36.2 Å². The van der Waals surface area contributed by atoms with Crippen molar-refractivity contribution in [2.75, 3.05) is 25.4 Å². The molecule has 0 radical (unpaired) electrons. The summed E-state index contributed by atoms with van der Waals surface area (Å²) in [6, 6.07) is 3.74. The number of carboxylic acids is 1. The number of anilines is 1. The lowest BCUT2D eigenvalue weighted by atomic mass is 9.84. The summed E-state index contributed by atoms with van der Waals surface area (Å²) in [6.45, 7) is 3.46. The lowest BCUT2D eigenvalue weighted by molar-refractivity contribution is -0.732.